The van der Waals surface area contributed by atoms with E-state index in [4.69, 9.17) is 0 Å². The minimum Gasteiger partial charge on any atom is -0.481 e. The highest BCUT2D eigenvalue weighted by Gasteiger charge is 2.36. The summed E-state index contributed by atoms with van der Waals surface area (Å²) < 4.78 is 0. The van der Waals surface area contributed by atoms with Crippen LogP contribution in [0.5, 0.6) is 0 Å². The molecule has 0 unspecified atom stereocenters. The van der Waals surface area contributed by atoms with Crippen LogP contribution in [-0.4, -0.2) is 11.1 Å². The Morgan fingerprint density at radius 3 is 1.09 bits per heavy atom. The number of hydrogen-bond donors (Lipinski definition) is 1. The van der Waals surface area contributed by atoms with Crippen LogP contribution in [-0.2, 0) is 26.5 Å². The maximum absolute atomic E-state index is 13.1. The average molecular weight is 465 g/mol. The molecule has 34 heavy (non-hydrogen) atoms. The number of hydrogen-bond acceptors (Lipinski definition) is 1. The molecule has 0 amide bonds. The molecule has 2 aromatic carbocycles. The van der Waals surface area contributed by atoms with Gasteiger partial charge in [-0.15, -0.1) is 0 Å². The van der Waals surface area contributed by atoms with Crippen molar-refractivity contribution in [2.75, 3.05) is 0 Å². The normalized spacial score (nSPS) is 13.5. The quantitative estimate of drug-likeness (QED) is 0.493. The lowest BCUT2D eigenvalue weighted by Gasteiger charge is -2.35. The first-order valence-corrected chi connectivity index (χ1v) is 12.6. The lowest BCUT2D eigenvalue weighted by Crippen LogP contribution is -2.28. The highest BCUT2D eigenvalue weighted by molar-refractivity contribution is 5.83. The van der Waals surface area contributed by atoms with Crippen LogP contribution in [0.25, 0.3) is 0 Å². The maximum Gasteiger partial charge on any atom is 0.315 e. The number of carboxylic acid groups (broad SMARTS) is 1. The van der Waals surface area contributed by atoms with Gasteiger partial charge in [-0.25, -0.2) is 0 Å². The Morgan fingerprint density at radius 1 is 0.588 bits per heavy atom. The van der Waals surface area contributed by atoms with Crippen LogP contribution in [0.2, 0.25) is 0 Å². The van der Waals surface area contributed by atoms with Crippen molar-refractivity contribution in [3.05, 3.63) is 68.8 Å². The molecule has 0 radical (unpaired) electrons. The fourth-order valence-corrected chi connectivity index (χ4v) is 4.86. The zero-order valence-electron chi connectivity index (χ0n) is 24.2. The standard InChI is InChI=1S/C32H48O2/c1-19-15-21(29(3,4)5)17-23(31(9,10)11)25(19)27(28(33)34)26-20(2)16-22(30(6,7)8)18-24(26)32(12,13)14/h15-18,27H,1-14H3,(H,33,34). The van der Waals surface area contributed by atoms with Crippen LogP contribution in [0.3, 0.4) is 0 Å². The molecule has 188 valence electrons. The Labute approximate surface area is 209 Å². The van der Waals surface area contributed by atoms with Gasteiger partial charge >= 0.3 is 5.97 Å². The van der Waals surface area contributed by atoms with Gasteiger partial charge in [0.05, 0.1) is 0 Å². The van der Waals surface area contributed by atoms with Crippen molar-refractivity contribution in [2.24, 2.45) is 0 Å². The van der Waals surface area contributed by atoms with Crippen molar-refractivity contribution in [2.45, 2.75) is 125 Å². The van der Waals surface area contributed by atoms with Gasteiger partial charge < -0.3 is 5.11 Å². The van der Waals surface area contributed by atoms with E-state index in [-0.39, 0.29) is 21.7 Å². The molecule has 0 aromatic heterocycles. The Kier molecular flexibility index (Phi) is 7.32. The van der Waals surface area contributed by atoms with Gasteiger partial charge in [-0.05, 0) is 80.0 Å². The third kappa shape index (κ3) is 5.75. The molecule has 0 fully saturated rings. The number of benzene rings is 2. The fourth-order valence-electron chi connectivity index (χ4n) is 4.86. The van der Waals surface area contributed by atoms with Crippen molar-refractivity contribution >= 4 is 5.97 Å². The van der Waals surface area contributed by atoms with E-state index in [9.17, 15) is 9.90 Å². The number of carbonyl (C=O) groups is 1. The van der Waals surface area contributed by atoms with Gasteiger partial charge in [0.15, 0.2) is 0 Å². The zero-order valence-corrected chi connectivity index (χ0v) is 24.2. The molecule has 2 heteroatoms. The van der Waals surface area contributed by atoms with E-state index in [0.29, 0.717) is 0 Å². The second kappa shape index (κ2) is 8.85. The van der Waals surface area contributed by atoms with E-state index in [2.05, 4.69) is 121 Å². The number of rotatable bonds is 3. The van der Waals surface area contributed by atoms with Crippen LogP contribution in [0.1, 0.15) is 134 Å². The van der Waals surface area contributed by atoms with Crippen LogP contribution in [0.15, 0.2) is 24.3 Å². The Morgan fingerprint density at radius 2 is 0.882 bits per heavy atom. The molecule has 0 aliphatic carbocycles. The predicted octanol–water partition coefficient (Wildman–Crippen LogP) is 8.71. The van der Waals surface area contributed by atoms with Crippen LogP contribution in [0, 0.1) is 13.8 Å². The zero-order chi connectivity index (χ0) is 26.6. The van der Waals surface area contributed by atoms with E-state index in [1.54, 1.807) is 0 Å². The van der Waals surface area contributed by atoms with Crippen molar-refractivity contribution in [1.29, 1.82) is 0 Å². The van der Waals surface area contributed by atoms with Gasteiger partial charge in [-0.2, -0.15) is 0 Å². The van der Waals surface area contributed by atoms with Crippen LogP contribution < -0.4 is 0 Å². The van der Waals surface area contributed by atoms with Gasteiger partial charge in [0.2, 0.25) is 0 Å². The van der Waals surface area contributed by atoms with Crippen LogP contribution >= 0.6 is 0 Å². The van der Waals surface area contributed by atoms with Crippen molar-refractivity contribution in [3.63, 3.8) is 0 Å². The summed E-state index contributed by atoms with van der Waals surface area (Å²) in [6.45, 7) is 30.6. The van der Waals surface area contributed by atoms with Gasteiger partial charge in [0, 0.05) is 0 Å². The third-order valence-electron chi connectivity index (χ3n) is 6.95. The molecule has 0 atom stereocenters. The highest BCUT2D eigenvalue weighted by Crippen LogP contribution is 2.44. The summed E-state index contributed by atoms with van der Waals surface area (Å²) in [5, 5.41) is 10.8. The van der Waals surface area contributed by atoms with Crippen LogP contribution in [0.4, 0.5) is 0 Å². The molecule has 2 aromatic rings. The molecule has 2 nitrogen and oxygen atoms in total. The molecule has 0 aliphatic heterocycles. The monoisotopic (exact) mass is 464 g/mol. The minimum absolute atomic E-state index is 0.0111. The maximum atomic E-state index is 13.1. The number of aliphatic carboxylic acids is 1. The Bertz CT molecular complexity index is 993. The van der Waals surface area contributed by atoms with Gasteiger partial charge in [-0.3, -0.25) is 4.79 Å². The molecular weight excluding hydrogens is 416 g/mol. The number of aryl methyl sites for hydroxylation is 2. The van der Waals surface area contributed by atoms with E-state index < -0.39 is 11.9 Å². The summed E-state index contributed by atoms with van der Waals surface area (Å²) in [6.07, 6.45) is 0. The van der Waals surface area contributed by atoms with E-state index in [1.165, 1.54) is 11.1 Å². The van der Waals surface area contributed by atoms with Gasteiger partial charge in [-0.1, -0.05) is 107 Å². The van der Waals surface area contributed by atoms with Crippen molar-refractivity contribution in [1.82, 2.24) is 0 Å². The molecule has 0 spiro atoms. The molecule has 1 N–H and O–H groups in total. The predicted molar refractivity (Wildman–Crippen MR) is 147 cm³/mol. The largest absolute Gasteiger partial charge is 0.481 e. The molecule has 0 saturated carbocycles. The summed E-state index contributed by atoms with van der Waals surface area (Å²) in [5.41, 5.74) is 8.38. The van der Waals surface area contributed by atoms with E-state index in [1.807, 2.05) is 0 Å². The molecule has 2 rings (SSSR count). The van der Waals surface area contributed by atoms with E-state index >= 15 is 0 Å². The summed E-state index contributed by atoms with van der Waals surface area (Å²) in [4.78, 5) is 13.1. The summed E-state index contributed by atoms with van der Waals surface area (Å²) in [7, 11) is 0. The molecular formula is C32H48O2. The SMILES string of the molecule is Cc1cc(C(C)(C)C)cc(C(C)(C)C)c1C(C(=O)O)c1c(C)cc(C(C)(C)C)cc1C(C)(C)C. The number of carboxylic acids is 1. The first kappa shape index (κ1) is 28.1. The second-order valence-electron chi connectivity index (χ2n) is 14.3. The molecule has 0 heterocycles. The Balaban J connectivity index is 3.06. The summed E-state index contributed by atoms with van der Waals surface area (Å²) in [5.74, 6) is -1.50. The minimum atomic E-state index is -0.783. The first-order valence-electron chi connectivity index (χ1n) is 12.6. The molecule has 0 aliphatic rings. The summed E-state index contributed by atoms with van der Waals surface area (Å²) >= 11 is 0. The molecule has 0 bridgehead atoms. The van der Waals surface area contributed by atoms with Crippen molar-refractivity contribution < 1.29 is 9.90 Å². The first-order chi connectivity index (χ1) is 15.1. The third-order valence-corrected chi connectivity index (χ3v) is 6.95. The highest BCUT2D eigenvalue weighted by atomic mass is 16.4. The molecule has 0 saturated heterocycles. The lowest BCUT2D eigenvalue weighted by molar-refractivity contribution is -0.137. The average Bonchev–Trinajstić information content (AvgIpc) is 2.59. The fraction of sp³-hybridized carbons (Fsp3) is 0.594. The van der Waals surface area contributed by atoms with E-state index in [0.717, 1.165) is 33.4 Å². The topological polar surface area (TPSA) is 37.3 Å². The van der Waals surface area contributed by atoms with Crippen molar-refractivity contribution in [3.8, 4) is 0 Å². The van der Waals surface area contributed by atoms with Gasteiger partial charge in [0.1, 0.15) is 5.92 Å². The lowest BCUT2D eigenvalue weighted by atomic mass is 9.69. The van der Waals surface area contributed by atoms with Gasteiger partial charge in [0.25, 0.3) is 0 Å². The Hall–Kier alpha value is -2.09. The summed E-state index contributed by atoms with van der Waals surface area (Å²) in [6, 6.07) is 8.92. The smallest absolute Gasteiger partial charge is 0.315 e. The second-order valence-corrected chi connectivity index (χ2v) is 14.3.